The Morgan fingerprint density at radius 1 is 1.07 bits per heavy atom. The van der Waals surface area contributed by atoms with E-state index in [-0.39, 0.29) is 12.3 Å². The fourth-order valence-electron chi connectivity index (χ4n) is 2.42. The summed E-state index contributed by atoms with van der Waals surface area (Å²) in [6.45, 7) is 2.98. The summed E-state index contributed by atoms with van der Waals surface area (Å²) in [4.78, 5) is 34.7. The molecule has 0 fully saturated rings. The van der Waals surface area contributed by atoms with Crippen LogP contribution in [0.15, 0.2) is 48.5 Å². The van der Waals surface area contributed by atoms with Crippen molar-refractivity contribution in [3.8, 4) is 0 Å². The lowest BCUT2D eigenvalue weighted by atomic mass is 9.83. The number of nitrogens with one attached hydrogen (secondary N) is 2. The highest BCUT2D eigenvalue weighted by Crippen LogP contribution is 2.25. The molecule has 0 saturated heterocycles. The van der Waals surface area contributed by atoms with Crippen molar-refractivity contribution >= 4 is 23.5 Å². The fourth-order valence-corrected chi connectivity index (χ4v) is 2.42. The molecule has 0 aliphatic rings. The third-order valence-corrected chi connectivity index (χ3v) is 4.13. The zero-order valence-electron chi connectivity index (χ0n) is 15.1. The van der Waals surface area contributed by atoms with Gasteiger partial charge in [-0.3, -0.25) is 14.4 Å². The minimum Gasteiger partial charge on any atom is -0.480 e. The van der Waals surface area contributed by atoms with E-state index in [9.17, 15) is 18.8 Å². The van der Waals surface area contributed by atoms with Crippen LogP contribution in [0.2, 0.25) is 0 Å². The standard InChI is InChI=1S/C20H21FN2O4/c1-20(2,14-4-3-5-15(21)11-14)19(27)23-16-8-6-13(7-9-16)10-17(24)22-12-18(25)26/h3-9,11H,10,12H2,1-2H3,(H,22,24)(H,23,27)(H,25,26). The molecule has 0 spiro atoms. The first kappa shape index (κ1) is 20.1. The summed E-state index contributed by atoms with van der Waals surface area (Å²) in [6.07, 6.45) is 0.0380. The number of carbonyl (C=O) groups excluding carboxylic acids is 2. The maximum absolute atomic E-state index is 13.4. The third kappa shape index (κ3) is 5.64. The highest BCUT2D eigenvalue weighted by Gasteiger charge is 2.30. The molecular weight excluding hydrogens is 351 g/mol. The summed E-state index contributed by atoms with van der Waals surface area (Å²) in [5.41, 5.74) is 0.850. The lowest BCUT2D eigenvalue weighted by Gasteiger charge is -2.24. The summed E-state index contributed by atoms with van der Waals surface area (Å²) in [7, 11) is 0. The zero-order valence-corrected chi connectivity index (χ0v) is 15.1. The van der Waals surface area contributed by atoms with E-state index >= 15 is 0 Å². The van der Waals surface area contributed by atoms with Crippen molar-refractivity contribution in [1.29, 1.82) is 0 Å². The highest BCUT2D eigenvalue weighted by molar-refractivity contribution is 5.98. The van der Waals surface area contributed by atoms with Crippen LogP contribution >= 0.6 is 0 Å². The largest absolute Gasteiger partial charge is 0.480 e. The van der Waals surface area contributed by atoms with E-state index in [1.54, 1.807) is 50.2 Å². The average molecular weight is 372 g/mol. The number of halogens is 1. The molecule has 0 aliphatic carbocycles. The van der Waals surface area contributed by atoms with Gasteiger partial charge in [-0.1, -0.05) is 24.3 Å². The number of benzene rings is 2. The van der Waals surface area contributed by atoms with Gasteiger partial charge in [-0.2, -0.15) is 0 Å². The molecule has 0 aliphatic heterocycles. The molecule has 3 N–H and O–H groups in total. The second-order valence-electron chi connectivity index (χ2n) is 6.63. The summed E-state index contributed by atoms with van der Waals surface area (Å²) < 4.78 is 13.4. The number of carbonyl (C=O) groups is 3. The SMILES string of the molecule is CC(C)(C(=O)Nc1ccc(CC(=O)NCC(=O)O)cc1)c1cccc(F)c1. The van der Waals surface area contributed by atoms with Gasteiger partial charge in [-0.15, -0.1) is 0 Å². The Labute approximate surface area is 156 Å². The maximum atomic E-state index is 13.4. The number of anilines is 1. The molecule has 2 amide bonds. The number of rotatable bonds is 7. The first-order valence-corrected chi connectivity index (χ1v) is 8.33. The zero-order chi connectivity index (χ0) is 20.0. The lowest BCUT2D eigenvalue weighted by molar-refractivity contribution is -0.137. The van der Waals surface area contributed by atoms with Crippen LogP contribution in [0.3, 0.4) is 0 Å². The molecule has 0 unspecified atom stereocenters. The van der Waals surface area contributed by atoms with Crippen LogP contribution in [0, 0.1) is 5.82 Å². The topological polar surface area (TPSA) is 95.5 Å². The average Bonchev–Trinajstić information content (AvgIpc) is 2.61. The number of hydrogen-bond acceptors (Lipinski definition) is 3. The van der Waals surface area contributed by atoms with Crippen molar-refractivity contribution in [1.82, 2.24) is 5.32 Å². The Morgan fingerprint density at radius 3 is 2.33 bits per heavy atom. The van der Waals surface area contributed by atoms with Crippen molar-refractivity contribution in [3.05, 3.63) is 65.5 Å². The molecule has 6 nitrogen and oxygen atoms in total. The van der Waals surface area contributed by atoms with E-state index in [0.717, 1.165) is 0 Å². The molecule has 27 heavy (non-hydrogen) atoms. The van der Waals surface area contributed by atoms with Gasteiger partial charge in [0.05, 0.1) is 11.8 Å². The molecule has 0 atom stereocenters. The summed E-state index contributed by atoms with van der Waals surface area (Å²) in [5.74, 6) is -2.21. The third-order valence-electron chi connectivity index (χ3n) is 4.13. The van der Waals surface area contributed by atoms with E-state index in [1.807, 2.05) is 0 Å². The van der Waals surface area contributed by atoms with E-state index in [1.165, 1.54) is 12.1 Å². The van der Waals surface area contributed by atoms with Crippen LogP contribution in [-0.2, 0) is 26.2 Å². The lowest BCUT2D eigenvalue weighted by Crippen LogP contribution is -2.34. The van der Waals surface area contributed by atoms with Crippen molar-refractivity contribution in [2.24, 2.45) is 0 Å². The molecule has 2 rings (SSSR count). The Hall–Kier alpha value is -3.22. The van der Waals surface area contributed by atoms with Gasteiger partial charge in [0, 0.05) is 5.69 Å². The normalized spacial score (nSPS) is 10.9. The van der Waals surface area contributed by atoms with Gasteiger partial charge >= 0.3 is 5.97 Å². The highest BCUT2D eigenvalue weighted by atomic mass is 19.1. The predicted molar refractivity (Wildman–Crippen MR) is 98.8 cm³/mol. The Bertz CT molecular complexity index is 847. The number of hydrogen-bond donors (Lipinski definition) is 3. The molecule has 0 heterocycles. The van der Waals surface area contributed by atoms with Crippen LogP contribution in [-0.4, -0.2) is 29.4 Å². The van der Waals surface area contributed by atoms with Crippen molar-refractivity contribution in [2.45, 2.75) is 25.7 Å². The number of aliphatic carboxylic acids is 1. The summed E-state index contributed by atoms with van der Waals surface area (Å²) in [5, 5.41) is 13.6. The first-order chi connectivity index (χ1) is 12.7. The molecule has 0 radical (unpaired) electrons. The molecule has 2 aromatic rings. The molecule has 0 saturated carbocycles. The molecular formula is C20H21FN2O4. The van der Waals surface area contributed by atoms with Gasteiger partial charge < -0.3 is 15.7 Å². The number of carboxylic acid groups (broad SMARTS) is 1. The minimum atomic E-state index is -1.11. The van der Waals surface area contributed by atoms with E-state index in [2.05, 4.69) is 10.6 Å². The van der Waals surface area contributed by atoms with Gasteiger partial charge in [0.25, 0.3) is 0 Å². The number of carboxylic acids is 1. The Kier molecular flexibility index (Phi) is 6.28. The Morgan fingerprint density at radius 2 is 1.74 bits per heavy atom. The predicted octanol–water partition coefficient (Wildman–Crippen LogP) is 2.49. The summed E-state index contributed by atoms with van der Waals surface area (Å²) >= 11 is 0. The molecule has 142 valence electrons. The van der Waals surface area contributed by atoms with Crippen LogP contribution < -0.4 is 10.6 Å². The molecule has 2 aromatic carbocycles. The van der Waals surface area contributed by atoms with Gasteiger partial charge in [0.2, 0.25) is 11.8 Å². The van der Waals surface area contributed by atoms with E-state index in [0.29, 0.717) is 16.8 Å². The van der Waals surface area contributed by atoms with Crippen molar-refractivity contribution in [2.75, 3.05) is 11.9 Å². The second kappa shape index (κ2) is 8.44. The summed E-state index contributed by atoms with van der Waals surface area (Å²) in [6, 6.07) is 12.6. The van der Waals surface area contributed by atoms with Crippen LogP contribution in [0.1, 0.15) is 25.0 Å². The fraction of sp³-hybridized carbons (Fsp3) is 0.250. The molecule has 0 aromatic heterocycles. The quantitative estimate of drug-likeness (QED) is 0.696. The minimum absolute atomic E-state index is 0.0380. The van der Waals surface area contributed by atoms with E-state index in [4.69, 9.17) is 5.11 Å². The van der Waals surface area contributed by atoms with Gasteiger partial charge in [-0.05, 0) is 49.2 Å². The van der Waals surface area contributed by atoms with Gasteiger partial charge in [0.15, 0.2) is 0 Å². The van der Waals surface area contributed by atoms with Crippen LogP contribution in [0.5, 0.6) is 0 Å². The molecule has 0 bridgehead atoms. The van der Waals surface area contributed by atoms with E-state index < -0.39 is 29.7 Å². The molecule has 7 heteroatoms. The van der Waals surface area contributed by atoms with Crippen molar-refractivity contribution < 1.29 is 23.9 Å². The second-order valence-corrected chi connectivity index (χ2v) is 6.63. The monoisotopic (exact) mass is 372 g/mol. The van der Waals surface area contributed by atoms with Gasteiger partial charge in [-0.25, -0.2) is 4.39 Å². The Balaban J connectivity index is 2.00. The first-order valence-electron chi connectivity index (χ1n) is 8.33. The number of amides is 2. The van der Waals surface area contributed by atoms with Crippen molar-refractivity contribution in [3.63, 3.8) is 0 Å². The van der Waals surface area contributed by atoms with Crippen LogP contribution in [0.4, 0.5) is 10.1 Å². The maximum Gasteiger partial charge on any atom is 0.322 e. The van der Waals surface area contributed by atoms with Crippen LogP contribution in [0.25, 0.3) is 0 Å². The smallest absolute Gasteiger partial charge is 0.322 e. The van der Waals surface area contributed by atoms with Gasteiger partial charge in [0.1, 0.15) is 12.4 Å².